The van der Waals surface area contributed by atoms with E-state index in [2.05, 4.69) is 5.32 Å². The summed E-state index contributed by atoms with van der Waals surface area (Å²) >= 11 is 0. The zero-order valence-electron chi connectivity index (χ0n) is 11.4. The van der Waals surface area contributed by atoms with Crippen molar-refractivity contribution in [2.24, 2.45) is 0 Å². The molecule has 2 fully saturated rings. The molecule has 2 heterocycles. The van der Waals surface area contributed by atoms with Gasteiger partial charge in [-0.15, -0.1) is 0 Å². The molecule has 0 spiro atoms. The van der Waals surface area contributed by atoms with E-state index in [4.69, 9.17) is 9.15 Å². The molecule has 3 rings (SSSR count). The third kappa shape index (κ3) is 3.22. The molecule has 0 atom stereocenters. The highest BCUT2D eigenvalue weighted by Crippen LogP contribution is 2.22. The van der Waals surface area contributed by atoms with Gasteiger partial charge in [-0.3, -0.25) is 0 Å². The predicted octanol–water partition coefficient (Wildman–Crippen LogP) is 0.943. The minimum absolute atomic E-state index is 0.0343. The molecule has 0 bridgehead atoms. The fourth-order valence-corrected chi connectivity index (χ4v) is 3.61. The van der Waals surface area contributed by atoms with Crippen LogP contribution in [0.4, 0.5) is 0 Å². The third-order valence-corrected chi connectivity index (χ3v) is 5.33. The number of ether oxygens (including phenoxy) is 1. The summed E-state index contributed by atoms with van der Waals surface area (Å²) in [6.45, 7) is 2.51. The Bertz CT molecular complexity index is 542. The smallest absolute Gasteiger partial charge is 0.276 e. The van der Waals surface area contributed by atoms with Gasteiger partial charge in [0.2, 0.25) is 5.09 Å². The first kappa shape index (κ1) is 14.1. The van der Waals surface area contributed by atoms with Crippen LogP contribution in [0.25, 0.3) is 0 Å². The maximum atomic E-state index is 12.5. The summed E-state index contributed by atoms with van der Waals surface area (Å²) in [6, 6.07) is 3.85. The number of hydrogen-bond acceptors (Lipinski definition) is 5. The van der Waals surface area contributed by atoms with Crippen molar-refractivity contribution < 1.29 is 17.6 Å². The molecule has 1 N–H and O–H groups in total. The molecule has 0 unspecified atom stereocenters. The number of nitrogens with zero attached hydrogens (tertiary/aromatic N) is 1. The number of sulfonamides is 1. The summed E-state index contributed by atoms with van der Waals surface area (Å²) in [7, 11) is -3.53. The molecule has 112 valence electrons. The second kappa shape index (κ2) is 5.85. The molecule has 0 aromatic carbocycles. The Morgan fingerprint density at radius 1 is 1.25 bits per heavy atom. The van der Waals surface area contributed by atoms with Gasteiger partial charge in [0.1, 0.15) is 5.76 Å². The molecular weight excluding hydrogens is 280 g/mol. The van der Waals surface area contributed by atoms with E-state index in [0.29, 0.717) is 44.7 Å². The predicted molar refractivity (Wildman–Crippen MR) is 72.8 cm³/mol. The average Bonchev–Trinajstić information content (AvgIpc) is 3.19. The molecule has 1 saturated heterocycles. The molecular formula is C13H20N2O4S. The van der Waals surface area contributed by atoms with E-state index in [-0.39, 0.29) is 5.09 Å². The fourth-order valence-electron chi connectivity index (χ4n) is 2.22. The Hall–Kier alpha value is -0.890. The topological polar surface area (TPSA) is 71.8 Å². The monoisotopic (exact) mass is 300 g/mol. The number of nitrogens with one attached hydrogen (secondary N) is 1. The van der Waals surface area contributed by atoms with Gasteiger partial charge in [0, 0.05) is 25.7 Å². The van der Waals surface area contributed by atoms with E-state index >= 15 is 0 Å². The number of furan rings is 1. The first-order valence-electron chi connectivity index (χ1n) is 7.06. The molecule has 1 aromatic heterocycles. The van der Waals surface area contributed by atoms with Crippen molar-refractivity contribution in [3.8, 4) is 0 Å². The van der Waals surface area contributed by atoms with Gasteiger partial charge in [-0.25, -0.2) is 8.42 Å². The summed E-state index contributed by atoms with van der Waals surface area (Å²) in [6.07, 6.45) is 3.11. The normalized spacial score (nSPS) is 21.8. The minimum atomic E-state index is -3.53. The summed E-state index contributed by atoms with van der Waals surface area (Å²) < 4.78 is 37.1. The van der Waals surface area contributed by atoms with Crippen LogP contribution in [0.5, 0.6) is 0 Å². The fraction of sp³-hybridized carbons (Fsp3) is 0.692. The second-order valence-electron chi connectivity index (χ2n) is 5.25. The van der Waals surface area contributed by atoms with E-state index in [9.17, 15) is 8.42 Å². The number of rotatable bonds is 5. The Kier molecular flexibility index (Phi) is 4.11. The third-order valence-electron chi connectivity index (χ3n) is 3.55. The van der Waals surface area contributed by atoms with E-state index in [1.165, 1.54) is 17.1 Å². The standard InChI is InChI=1S/C13H20N2O4S/c16-20(17,15-6-1-8-18-9-7-15)13-5-4-12(19-13)10-14-11-2-3-11/h4-5,11,14H,1-3,6-10H2. The Morgan fingerprint density at radius 2 is 2.10 bits per heavy atom. The van der Waals surface area contributed by atoms with Gasteiger partial charge in [-0.1, -0.05) is 0 Å². The summed E-state index contributed by atoms with van der Waals surface area (Å²) in [5, 5.41) is 3.34. The van der Waals surface area contributed by atoms with Crippen LogP contribution in [0.1, 0.15) is 25.0 Å². The largest absolute Gasteiger partial charge is 0.447 e. The zero-order chi connectivity index (χ0) is 14.0. The number of hydrogen-bond donors (Lipinski definition) is 1. The SMILES string of the molecule is O=S(=O)(c1ccc(CNC2CC2)o1)N1CCCOCC1. The van der Waals surface area contributed by atoms with Crippen molar-refractivity contribution in [2.75, 3.05) is 26.3 Å². The summed E-state index contributed by atoms with van der Waals surface area (Å²) in [5.74, 6) is 0.668. The Morgan fingerprint density at radius 3 is 2.90 bits per heavy atom. The van der Waals surface area contributed by atoms with Gasteiger partial charge in [0.05, 0.1) is 13.2 Å². The molecule has 20 heavy (non-hydrogen) atoms. The van der Waals surface area contributed by atoms with E-state index in [1.807, 2.05) is 0 Å². The molecule has 0 radical (unpaired) electrons. The highest BCUT2D eigenvalue weighted by atomic mass is 32.2. The highest BCUT2D eigenvalue weighted by Gasteiger charge is 2.28. The van der Waals surface area contributed by atoms with Gasteiger partial charge in [-0.05, 0) is 31.4 Å². The lowest BCUT2D eigenvalue weighted by molar-refractivity contribution is 0.148. The average molecular weight is 300 g/mol. The van der Waals surface area contributed by atoms with E-state index in [1.54, 1.807) is 12.1 Å². The van der Waals surface area contributed by atoms with Crippen molar-refractivity contribution >= 4 is 10.0 Å². The Labute approximate surface area is 119 Å². The quantitative estimate of drug-likeness (QED) is 0.876. The minimum Gasteiger partial charge on any atom is -0.447 e. The van der Waals surface area contributed by atoms with Crippen molar-refractivity contribution in [1.29, 1.82) is 0 Å². The van der Waals surface area contributed by atoms with Gasteiger partial charge in [0.25, 0.3) is 10.0 Å². The van der Waals surface area contributed by atoms with E-state index < -0.39 is 10.0 Å². The molecule has 1 aromatic rings. The van der Waals surface area contributed by atoms with Crippen LogP contribution < -0.4 is 5.32 Å². The maximum absolute atomic E-state index is 12.5. The van der Waals surface area contributed by atoms with Crippen molar-refractivity contribution in [3.63, 3.8) is 0 Å². The summed E-state index contributed by atoms with van der Waals surface area (Å²) in [5.41, 5.74) is 0. The lowest BCUT2D eigenvalue weighted by Crippen LogP contribution is -2.33. The zero-order valence-corrected chi connectivity index (χ0v) is 12.2. The van der Waals surface area contributed by atoms with Crippen molar-refractivity contribution in [3.05, 3.63) is 17.9 Å². The molecule has 7 heteroatoms. The molecule has 1 saturated carbocycles. The lowest BCUT2D eigenvalue weighted by atomic mass is 10.4. The molecule has 6 nitrogen and oxygen atoms in total. The first-order valence-corrected chi connectivity index (χ1v) is 8.50. The highest BCUT2D eigenvalue weighted by molar-refractivity contribution is 7.89. The first-order chi connectivity index (χ1) is 9.66. The Balaban J connectivity index is 1.69. The van der Waals surface area contributed by atoms with Crippen LogP contribution in [0.2, 0.25) is 0 Å². The van der Waals surface area contributed by atoms with Crippen LogP contribution in [0.3, 0.4) is 0 Å². The molecule has 0 amide bonds. The van der Waals surface area contributed by atoms with Gasteiger partial charge >= 0.3 is 0 Å². The lowest BCUT2D eigenvalue weighted by Gasteiger charge is -2.17. The van der Waals surface area contributed by atoms with Crippen molar-refractivity contribution in [2.45, 2.75) is 36.9 Å². The van der Waals surface area contributed by atoms with E-state index in [0.717, 1.165) is 6.42 Å². The molecule has 2 aliphatic rings. The maximum Gasteiger partial charge on any atom is 0.276 e. The van der Waals surface area contributed by atoms with Crippen molar-refractivity contribution in [1.82, 2.24) is 9.62 Å². The van der Waals surface area contributed by atoms with Gasteiger partial charge in [0.15, 0.2) is 0 Å². The van der Waals surface area contributed by atoms with Crippen LogP contribution in [0.15, 0.2) is 21.6 Å². The van der Waals surface area contributed by atoms with Crippen LogP contribution >= 0.6 is 0 Å². The molecule has 1 aliphatic heterocycles. The molecule has 1 aliphatic carbocycles. The van der Waals surface area contributed by atoms with Crippen LogP contribution in [0, 0.1) is 0 Å². The summed E-state index contributed by atoms with van der Waals surface area (Å²) in [4.78, 5) is 0. The van der Waals surface area contributed by atoms with Crippen LogP contribution in [-0.2, 0) is 21.3 Å². The van der Waals surface area contributed by atoms with Gasteiger partial charge in [-0.2, -0.15) is 4.31 Å². The van der Waals surface area contributed by atoms with Crippen LogP contribution in [-0.4, -0.2) is 45.1 Å². The second-order valence-corrected chi connectivity index (χ2v) is 7.11. The van der Waals surface area contributed by atoms with Gasteiger partial charge < -0.3 is 14.5 Å².